The van der Waals surface area contributed by atoms with Crippen molar-refractivity contribution in [2.75, 3.05) is 13.1 Å². The Morgan fingerprint density at radius 2 is 2.08 bits per heavy atom. The van der Waals surface area contributed by atoms with Gasteiger partial charge in [0, 0.05) is 12.6 Å². The molecule has 0 bridgehead atoms. The summed E-state index contributed by atoms with van der Waals surface area (Å²) in [5.74, 6) is 0.0499. The maximum absolute atomic E-state index is 11.0. The number of nitrogens with two attached hydrogens (primary N) is 1. The molecule has 0 saturated carbocycles. The molecular weight excluding hydrogens is 306 g/mol. The summed E-state index contributed by atoms with van der Waals surface area (Å²) in [5.41, 5.74) is 5.22. The van der Waals surface area contributed by atoms with Gasteiger partial charge in [0.1, 0.15) is 6.04 Å². The summed E-state index contributed by atoms with van der Waals surface area (Å²) in [7, 11) is 0. The summed E-state index contributed by atoms with van der Waals surface area (Å²) in [6, 6.07) is -0.0369. The number of carbonyl (C=O) groups is 3. The van der Waals surface area contributed by atoms with Crippen LogP contribution in [0.3, 0.4) is 0 Å². The van der Waals surface area contributed by atoms with Gasteiger partial charge < -0.3 is 16.0 Å². The standard InChI is InChI=1S/C11H19NO2.C7H14N2O/c1-3-4-5-6-7-8-11(10(2)14)12-9-13;1-6-3-2-4-9(6)7(10)5-8/h7-9,11H,3-6H2,1-2H3,(H,12,13);6H,2-5,8H2,1H3/b8-7-;. The molecule has 2 unspecified atom stereocenters. The molecule has 1 heterocycles. The fourth-order valence-corrected chi connectivity index (χ4v) is 2.55. The third kappa shape index (κ3) is 9.45. The van der Waals surface area contributed by atoms with Crippen molar-refractivity contribution in [1.29, 1.82) is 0 Å². The van der Waals surface area contributed by atoms with Gasteiger partial charge in [0.05, 0.1) is 6.54 Å². The van der Waals surface area contributed by atoms with Crippen LogP contribution < -0.4 is 11.1 Å². The van der Waals surface area contributed by atoms with Crippen LogP contribution in [0.5, 0.6) is 0 Å². The monoisotopic (exact) mass is 339 g/mol. The fourth-order valence-electron chi connectivity index (χ4n) is 2.55. The van der Waals surface area contributed by atoms with E-state index in [1.54, 1.807) is 6.08 Å². The second-order valence-corrected chi connectivity index (χ2v) is 6.08. The smallest absolute Gasteiger partial charge is 0.236 e. The van der Waals surface area contributed by atoms with Crippen LogP contribution in [0.1, 0.15) is 59.3 Å². The van der Waals surface area contributed by atoms with Crippen LogP contribution in [0, 0.1) is 0 Å². The van der Waals surface area contributed by atoms with Gasteiger partial charge in [0.2, 0.25) is 12.3 Å². The van der Waals surface area contributed by atoms with Crippen molar-refractivity contribution < 1.29 is 14.4 Å². The molecule has 1 aliphatic heterocycles. The maximum atomic E-state index is 11.0. The highest BCUT2D eigenvalue weighted by atomic mass is 16.2. The molecule has 6 nitrogen and oxygen atoms in total. The number of hydrogen-bond donors (Lipinski definition) is 2. The number of hydrogen-bond acceptors (Lipinski definition) is 4. The number of Topliss-reactive ketones (excluding diaryl/α,β-unsaturated/α-hetero) is 1. The first-order valence-corrected chi connectivity index (χ1v) is 8.84. The van der Waals surface area contributed by atoms with Crippen molar-refractivity contribution in [3.05, 3.63) is 12.2 Å². The van der Waals surface area contributed by atoms with Crippen molar-refractivity contribution in [2.24, 2.45) is 5.73 Å². The number of amides is 2. The van der Waals surface area contributed by atoms with Crippen LogP contribution in [-0.4, -0.2) is 48.2 Å². The lowest BCUT2D eigenvalue weighted by molar-refractivity contribution is -0.130. The number of ketones is 1. The Hall–Kier alpha value is -1.69. The molecule has 0 aromatic heterocycles. The third-order valence-electron chi connectivity index (χ3n) is 4.04. The Balaban J connectivity index is 0.000000463. The third-order valence-corrected chi connectivity index (χ3v) is 4.04. The molecule has 24 heavy (non-hydrogen) atoms. The van der Waals surface area contributed by atoms with E-state index in [4.69, 9.17) is 5.73 Å². The second kappa shape index (κ2) is 13.7. The highest BCUT2D eigenvalue weighted by molar-refractivity contribution is 5.85. The molecule has 1 saturated heterocycles. The fraction of sp³-hybridized carbons (Fsp3) is 0.722. The van der Waals surface area contributed by atoms with Crippen LogP contribution in [0.4, 0.5) is 0 Å². The highest BCUT2D eigenvalue weighted by Crippen LogP contribution is 2.15. The lowest BCUT2D eigenvalue weighted by atomic mass is 10.1. The Kier molecular flexibility index (Phi) is 12.8. The van der Waals surface area contributed by atoms with Crippen molar-refractivity contribution in [1.82, 2.24) is 10.2 Å². The molecule has 2 amide bonds. The van der Waals surface area contributed by atoms with Crippen molar-refractivity contribution in [3.63, 3.8) is 0 Å². The summed E-state index contributed by atoms with van der Waals surface area (Å²) in [4.78, 5) is 34.0. The SMILES string of the molecule is CC1CCCN1C(=O)CN.CCCCC/C=C\C(NC=O)C(C)=O. The Morgan fingerprint density at radius 1 is 1.38 bits per heavy atom. The first-order chi connectivity index (χ1) is 11.5. The van der Waals surface area contributed by atoms with Gasteiger partial charge in [-0.1, -0.05) is 31.9 Å². The van der Waals surface area contributed by atoms with E-state index in [-0.39, 0.29) is 18.2 Å². The number of allylic oxidation sites excluding steroid dienone is 1. The Labute approximate surface area is 145 Å². The maximum Gasteiger partial charge on any atom is 0.236 e. The van der Waals surface area contributed by atoms with E-state index in [0.29, 0.717) is 12.5 Å². The Bertz CT molecular complexity index is 410. The normalized spacial score (nSPS) is 18.0. The number of rotatable bonds is 9. The largest absolute Gasteiger partial charge is 0.345 e. The van der Waals surface area contributed by atoms with Crippen LogP contribution in [0.2, 0.25) is 0 Å². The van der Waals surface area contributed by atoms with Crippen molar-refractivity contribution in [2.45, 2.75) is 71.4 Å². The molecule has 1 aliphatic rings. The van der Waals surface area contributed by atoms with Crippen LogP contribution in [0.15, 0.2) is 12.2 Å². The van der Waals surface area contributed by atoms with E-state index >= 15 is 0 Å². The van der Waals surface area contributed by atoms with Gasteiger partial charge in [-0.05, 0) is 39.5 Å². The average Bonchev–Trinajstić information content (AvgIpc) is 2.99. The van der Waals surface area contributed by atoms with Gasteiger partial charge in [-0.2, -0.15) is 0 Å². The predicted molar refractivity (Wildman–Crippen MR) is 96.4 cm³/mol. The second-order valence-electron chi connectivity index (χ2n) is 6.08. The molecule has 2 atom stereocenters. The molecule has 6 heteroatoms. The predicted octanol–water partition coefficient (Wildman–Crippen LogP) is 1.78. The van der Waals surface area contributed by atoms with E-state index in [2.05, 4.69) is 19.2 Å². The number of likely N-dealkylation sites (tertiary alicyclic amines) is 1. The zero-order chi connectivity index (χ0) is 18.4. The summed E-state index contributed by atoms with van der Waals surface area (Å²) in [6.45, 7) is 6.75. The summed E-state index contributed by atoms with van der Waals surface area (Å²) in [5, 5.41) is 2.46. The van der Waals surface area contributed by atoms with Crippen molar-refractivity contribution in [3.8, 4) is 0 Å². The summed E-state index contributed by atoms with van der Waals surface area (Å²) < 4.78 is 0. The molecule has 0 spiro atoms. The van der Waals surface area contributed by atoms with E-state index in [1.165, 1.54) is 19.8 Å². The summed E-state index contributed by atoms with van der Waals surface area (Å²) >= 11 is 0. The molecule has 138 valence electrons. The minimum Gasteiger partial charge on any atom is -0.345 e. The minimum absolute atomic E-state index is 0.0381. The van der Waals surface area contributed by atoms with Gasteiger partial charge in [0.25, 0.3) is 0 Å². The zero-order valence-electron chi connectivity index (χ0n) is 15.3. The number of nitrogens with zero attached hydrogens (tertiary/aromatic N) is 1. The van der Waals surface area contributed by atoms with Gasteiger partial charge in [0.15, 0.2) is 5.78 Å². The topological polar surface area (TPSA) is 92.5 Å². The number of unbranched alkanes of at least 4 members (excludes halogenated alkanes) is 3. The molecule has 0 radical (unpaired) electrons. The van der Waals surface area contributed by atoms with Gasteiger partial charge in [-0.25, -0.2) is 0 Å². The lowest BCUT2D eigenvalue weighted by Gasteiger charge is -2.19. The first-order valence-electron chi connectivity index (χ1n) is 8.84. The number of nitrogens with one attached hydrogen (secondary N) is 1. The van der Waals surface area contributed by atoms with Crippen molar-refractivity contribution >= 4 is 18.1 Å². The number of carbonyl (C=O) groups excluding carboxylic acids is 3. The van der Waals surface area contributed by atoms with E-state index < -0.39 is 6.04 Å². The molecule has 0 aromatic rings. The first kappa shape index (κ1) is 22.3. The molecule has 1 fully saturated rings. The van der Waals surface area contributed by atoms with Crippen LogP contribution in [-0.2, 0) is 14.4 Å². The average molecular weight is 339 g/mol. The minimum atomic E-state index is -0.450. The molecule has 3 N–H and O–H groups in total. The lowest BCUT2D eigenvalue weighted by Crippen LogP contribution is -2.37. The van der Waals surface area contributed by atoms with Crippen LogP contribution in [0.25, 0.3) is 0 Å². The van der Waals surface area contributed by atoms with E-state index in [0.717, 1.165) is 32.2 Å². The van der Waals surface area contributed by atoms with Crippen LogP contribution >= 0.6 is 0 Å². The molecular formula is C18H33N3O3. The van der Waals surface area contributed by atoms with Gasteiger partial charge in [-0.3, -0.25) is 14.4 Å². The zero-order valence-corrected chi connectivity index (χ0v) is 15.3. The van der Waals surface area contributed by atoms with Gasteiger partial charge in [-0.15, -0.1) is 0 Å². The van der Waals surface area contributed by atoms with E-state index in [1.807, 2.05) is 11.0 Å². The molecule has 1 rings (SSSR count). The van der Waals surface area contributed by atoms with Gasteiger partial charge >= 0.3 is 0 Å². The quantitative estimate of drug-likeness (QED) is 0.380. The Morgan fingerprint density at radius 3 is 2.54 bits per heavy atom. The highest BCUT2D eigenvalue weighted by Gasteiger charge is 2.23. The molecule has 0 aromatic carbocycles. The summed E-state index contributed by atoms with van der Waals surface area (Å²) in [6.07, 6.45) is 11.0. The van der Waals surface area contributed by atoms with E-state index in [9.17, 15) is 14.4 Å². The molecule has 0 aliphatic carbocycles.